The second-order valence-corrected chi connectivity index (χ2v) is 5.63. The minimum absolute atomic E-state index is 0.290. The van der Waals surface area contributed by atoms with E-state index in [1.807, 2.05) is 24.3 Å². The minimum Gasteiger partial charge on any atom is -0.426 e. The Hall–Kier alpha value is -0.370. The second-order valence-electron chi connectivity index (χ2n) is 3.30. The molecule has 0 fully saturated rings. The van der Waals surface area contributed by atoms with Crippen LogP contribution in [0.1, 0.15) is 6.92 Å². The molecular formula is C12H8I2O2. The Morgan fingerprint density at radius 1 is 1.12 bits per heavy atom. The molecule has 2 nitrogen and oxygen atoms in total. The number of rotatable bonds is 1. The van der Waals surface area contributed by atoms with Crippen LogP contribution in [0.4, 0.5) is 0 Å². The highest BCUT2D eigenvalue weighted by Gasteiger charge is 2.09. The fourth-order valence-electron chi connectivity index (χ4n) is 1.54. The molecule has 82 valence electrons. The van der Waals surface area contributed by atoms with Crippen molar-refractivity contribution < 1.29 is 9.53 Å². The number of benzene rings is 2. The first-order chi connectivity index (χ1) is 7.59. The topological polar surface area (TPSA) is 26.3 Å². The maximum atomic E-state index is 11.0. The van der Waals surface area contributed by atoms with Crippen molar-refractivity contribution in [1.82, 2.24) is 0 Å². The molecule has 0 heterocycles. The molecule has 0 saturated heterocycles. The SMILES string of the molecule is CC(=O)Oc1cccc2c(I)ccc(I)c12. The zero-order chi connectivity index (χ0) is 11.7. The van der Waals surface area contributed by atoms with Gasteiger partial charge in [-0.25, -0.2) is 0 Å². The van der Waals surface area contributed by atoms with Crippen molar-refractivity contribution >= 4 is 61.9 Å². The summed E-state index contributed by atoms with van der Waals surface area (Å²) in [4.78, 5) is 11.0. The summed E-state index contributed by atoms with van der Waals surface area (Å²) in [5.74, 6) is 0.343. The summed E-state index contributed by atoms with van der Waals surface area (Å²) >= 11 is 4.53. The summed E-state index contributed by atoms with van der Waals surface area (Å²) in [5, 5.41) is 2.12. The van der Waals surface area contributed by atoms with Crippen LogP contribution in [0.25, 0.3) is 10.8 Å². The van der Waals surface area contributed by atoms with Gasteiger partial charge in [-0.1, -0.05) is 12.1 Å². The van der Waals surface area contributed by atoms with E-state index in [1.54, 1.807) is 0 Å². The molecule has 0 aromatic heterocycles. The Morgan fingerprint density at radius 3 is 2.50 bits per heavy atom. The van der Waals surface area contributed by atoms with E-state index in [1.165, 1.54) is 6.92 Å². The number of fused-ring (bicyclic) bond motifs is 1. The molecule has 0 aliphatic heterocycles. The molecule has 0 bridgehead atoms. The van der Waals surface area contributed by atoms with Gasteiger partial charge in [-0.3, -0.25) is 4.79 Å². The minimum atomic E-state index is -0.290. The first kappa shape index (κ1) is 12.1. The van der Waals surface area contributed by atoms with Crippen LogP contribution in [0.2, 0.25) is 0 Å². The molecule has 0 saturated carbocycles. The number of carbonyl (C=O) groups excluding carboxylic acids is 1. The highest BCUT2D eigenvalue weighted by molar-refractivity contribution is 14.1. The van der Waals surface area contributed by atoms with Gasteiger partial charge in [0.05, 0.1) is 0 Å². The molecule has 0 unspecified atom stereocenters. The zero-order valence-electron chi connectivity index (χ0n) is 8.46. The summed E-state index contributed by atoms with van der Waals surface area (Å²) in [6.07, 6.45) is 0. The molecule has 2 aromatic carbocycles. The number of ether oxygens (including phenoxy) is 1. The third-order valence-electron chi connectivity index (χ3n) is 2.15. The van der Waals surface area contributed by atoms with Gasteiger partial charge >= 0.3 is 5.97 Å². The quantitative estimate of drug-likeness (QED) is 0.383. The predicted octanol–water partition coefficient (Wildman–Crippen LogP) is 3.97. The van der Waals surface area contributed by atoms with Crippen LogP contribution in [-0.4, -0.2) is 5.97 Å². The van der Waals surface area contributed by atoms with Crippen molar-refractivity contribution in [2.45, 2.75) is 6.92 Å². The Balaban J connectivity index is 2.75. The lowest BCUT2D eigenvalue weighted by Gasteiger charge is -2.08. The van der Waals surface area contributed by atoms with Crippen LogP contribution in [0.3, 0.4) is 0 Å². The van der Waals surface area contributed by atoms with Crippen LogP contribution < -0.4 is 4.74 Å². The number of halogens is 2. The van der Waals surface area contributed by atoms with Crippen molar-refractivity contribution in [3.05, 3.63) is 37.5 Å². The summed E-state index contributed by atoms with van der Waals surface area (Å²) in [5.41, 5.74) is 0. The van der Waals surface area contributed by atoms with Gasteiger partial charge < -0.3 is 4.74 Å². The molecule has 16 heavy (non-hydrogen) atoms. The number of hydrogen-bond donors (Lipinski definition) is 0. The van der Waals surface area contributed by atoms with E-state index in [0.29, 0.717) is 5.75 Å². The van der Waals surface area contributed by atoms with E-state index >= 15 is 0 Å². The third kappa shape index (κ3) is 2.32. The number of carbonyl (C=O) groups is 1. The van der Waals surface area contributed by atoms with E-state index < -0.39 is 0 Å². The molecule has 0 N–H and O–H groups in total. The second kappa shape index (κ2) is 4.87. The standard InChI is InChI=1S/C12H8I2O2/c1-7(15)16-11-4-2-3-8-9(13)5-6-10(14)12(8)11/h2-6H,1H3. The maximum absolute atomic E-state index is 11.0. The molecule has 0 aliphatic rings. The van der Waals surface area contributed by atoms with Gasteiger partial charge in [0.25, 0.3) is 0 Å². The van der Waals surface area contributed by atoms with Crippen molar-refractivity contribution in [1.29, 1.82) is 0 Å². The number of esters is 1. The lowest BCUT2D eigenvalue weighted by atomic mass is 10.1. The highest BCUT2D eigenvalue weighted by Crippen LogP contribution is 2.32. The van der Waals surface area contributed by atoms with Crippen molar-refractivity contribution in [2.24, 2.45) is 0 Å². The van der Waals surface area contributed by atoms with E-state index in [9.17, 15) is 4.79 Å². The molecule has 0 radical (unpaired) electrons. The summed E-state index contributed by atoms with van der Waals surface area (Å²) < 4.78 is 7.46. The van der Waals surface area contributed by atoms with Gasteiger partial charge in [0.1, 0.15) is 5.75 Å². The molecule has 0 aliphatic carbocycles. The lowest BCUT2D eigenvalue weighted by molar-refractivity contribution is -0.131. The van der Waals surface area contributed by atoms with Crippen LogP contribution in [0, 0.1) is 7.14 Å². The fraction of sp³-hybridized carbons (Fsp3) is 0.0833. The Labute approximate surface area is 121 Å². The van der Waals surface area contributed by atoms with E-state index in [0.717, 1.165) is 17.9 Å². The summed E-state index contributed by atoms with van der Waals surface area (Å²) in [6, 6.07) is 9.84. The van der Waals surface area contributed by atoms with Gasteiger partial charge in [0.15, 0.2) is 0 Å². The average molecular weight is 438 g/mol. The van der Waals surface area contributed by atoms with Crippen molar-refractivity contribution in [3.8, 4) is 5.75 Å². The molecule has 0 atom stereocenters. The number of hydrogen-bond acceptors (Lipinski definition) is 2. The Morgan fingerprint density at radius 2 is 1.81 bits per heavy atom. The van der Waals surface area contributed by atoms with Crippen LogP contribution >= 0.6 is 45.2 Å². The molecule has 2 aromatic rings. The molecule has 0 spiro atoms. The lowest BCUT2D eigenvalue weighted by Crippen LogP contribution is -2.02. The van der Waals surface area contributed by atoms with E-state index in [-0.39, 0.29) is 5.97 Å². The Kier molecular flexibility index (Phi) is 3.68. The zero-order valence-corrected chi connectivity index (χ0v) is 12.8. The molecule has 0 amide bonds. The first-order valence-corrected chi connectivity index (χ1v) is 6.80. The van der Waals surface area contributed by atoms with Gasteiger partial charge in [-0.05, 0) is 68.8 Å². The monoisotopic (exact) mass is 438 g/mol. The van der Waals surface area contributed by atoms with Crippen LogP contribution in [0.5, 0.6) is 5.75 Å². The molecular weight excluding hydrogens is 430 g/mol. The predicted molar refractivity (Wildman–Crippen MR) is 80.7 cm³/mol. The Bertz CT molecular complexity index is 564. The van der Waals surface area contributed by atoms with E-state index in [4.69, 9.17) is 4.74 Å². The third-order valence-corrected chi connectivity index (χ3v) is 3.99. The van der Waals surface area contributed by atoms with Gasteiger partial charge in [0, 0.05) is 19.5 Å². The molecule has 4 heteroatoms. The first-order valence-electron chi connectivity index (χ1n) is 4.65. The fourth-order valence-corrected chi connectivity index (χ4v) is 2.90. The smallest absolute Gasteiger partial charge is 0.308 e. The van der Waals surface area contributed by atoms with Crippen LogP contribution in [0.15, 0.2) is 30.3 Å². The summed E-state index contributed by atoms with van der Waals surface area (Å²) in [7, 11) is 0. The molecule has 2 rings (SSSR count). The summed E-state index contributed by atoms with van der Waals surface area (Å²) in [6.45, 7) is 1.42. The normalized spacial score (nSPS) is 10.4. The highest BCUT2D eigenvalue weighted by atomic mass is 127. The van der Waals surface area contributed by atoms with Crippen molar-refractivity contribution in [3.63, 3.8) is 0 Å². The van der Waals surface area contributed by atoms with Crippen LogP contribution in [-0.2, 0) is 4.79 Å². The van der Waals surface area contributed by atoms with Gasteiger partial charge in [0.2, 0.25) is 0 Å². The van der Waals surface area contributed by atoms with Gasteiger partial charge in [-0.2, -0.15) is 0 Å². The van der Waals surface area contributed by atoms with E-state index in [2.05, 4.69) is 51.2 Å². The maximum Gasteiger partial charge on any atom is 0.308 e. The van der Waals surface area contributed by atoms with Gasteiger partial charge in [-0.15, -0.1) is 0 Å². The average Bonchev–Trinajstić information content (AvgIpc) is 2.23. The van der Waals surface area contributed by atoms with Crippen molar-refractivity contribution in [2.75, 3.05) is 0 Å². The largest absolute Gasteiger partial charge is 0.426 e.